The molecule has 1 heterocycles. The summed E-state index contributed by atoms with van der Waals surface area (Å²) in [6, 6.07) is 7.30. The lowest BCUT2D eigenvalue weighted by molar-refractivity contribution is -0.138. The maximum atomic E-state index is 13.0. The van der Waals surface area contributed by atoms with Crippen LogP contribution in [0.3, 0.4) is 0 Å². The topological polar surface area (TPSA) is 108 Å². The molecule has 8 nitrogen and oxygen atoms in total. The minimum absolute atomic E-state index is 0.165. The molecule has 1 saturated heterocycles. The molecule has 2 atom stereocenters. The zero-order chi connectivity index (χ0) is 21.3. The summed E-state index contributed by atoms with van der Waals surface area (Å²) in [5.41, 5.74) is 0.0552. The molecule has 3 aliphatic rings. The van der Waals surface area contributed by atoms with Gasteiger partial charge in [-0.05, 0) is 38.2 Å². The van der Waals surface area contributed by atoms with E-state index in [9.17, 15) is 19.2 Å². The molecular weight excluding hydrogens is 384 g/mol. The molecule has 3 N–H and O–H groups in total. The van der Waals surface area contributed by atoms with E-state index in [1.165, 1.54) is 6.92 Å². The zero-order valence-corrected chi connectivity index (χ0v) is 17.1. The summed E-state index contributed by atoms with van der Waals surface area (Å²) in [7, 11) is 0. The van der Waals surface area contributed by atoms with Crippen LogP contribution in [0.25, 0.3) is 0 Å². The Balaban J connectivity index is 1.46. The van der Waals surface area contributed by atoms with Gasteiger partial charge in [0, 0.05) is 12.5 Å². The van der Waals surface area contributed by atoms with Crippen LogP contribution in [0.5, 0.6) is 0 Å². The number of urea groups is 1. The summed E-state index contributed by atoms with van der Waals surface area (Å²) in [5, 5.41) is 8.50. The van der Waals surface area contributed by atoms with E-state index in [1.807, 2.05) is 30.3 Å². The fourth-order valence-electron chi connectivity index (χ4n) is 4.31. The van der Waals surface area contributed by atoms with Crippen LogP contribution in [0.15, 0.2) is 30.3 Å². The molecule has 1 spiro atoms. The van der Waals surface area contributed by atoms with Crippen LogP contribution in [0, 0.1) is 0 Å². The summed E-state index contributed by atoms with van der Waals surface area (Å²) in [6.45, 7) is 1.53. The number of nitrogens with zero attached hydrogens (tertiary/aromatic N) is 1. The van der Waals surface area contributed by atoms with Gasteiger partial charge in [-0.25, -0.2) is 9.69 Å². The fraction of sp³-hybridized carbons (Fsp3) is 0.545. The molecule has 1 aromatic carbocycles. The van der Waals surface area contributed by atoms with E-state index in [1.54, 1.807) is 0 Å². The molecule has 0 aromatic heterocycles. The van der Waals surface area contributed by atoms with Crippen molar-refractivity contribution in [2.75, 3.05) is 0 Å². The number of rotatable bonds is 7. The Labute approximate surface area is 175 Å². The molecule has 0 radical (unpaired) electrons. The van der Waals surface area contributed by atoms with E-state index in [4.69, 9.17) is 0 Å². The molecule has 160 valence electrons. The van der Waals surface area contributed by atoms with Gasteiger partial charge in [0.1, 0.15) is 17.6 Å². The highest BCUT2D eigenvalue weighted by Gasteiger charge is 2.54. The number of carbonyl (C=O) groups is 4. The Morgan fingerprint density at radius 1 is 1.13 bits per heavy atom. The summed E-state index contributed by atoms with van der Waals surface area (Å²) in [4.78, 5) is 52.1. The number of hydrogen-bond donors (Lipinski definition) is 3. The Morgan fingerprint density at radius 2 is 1.80 bits per heavy atom. The predicted molar refractivity (Wildman–Crippen MR) is 109 cm³/mol. The van der Waals surface area contributed by atoms with Gasteiger partial charge in [-0.3, -0.25) is 14.4 Å². The Hall–Kier alpha value is -2.90. The first-order chi connectivity index (χ1) is 14.4. The SMILES string of the molecule is CC(C(=O)NC(Cc1ccccc1)C(=O)NC1CC1)N1C(=O)NC2(CCCC2)C1=O. The molecule has 1 aliphatic heterocycles. The van der Waals surface area contributed by atoms with Gasteiger partial charge in [0.2, 0.25) is 11.8 Å². The van der Waals surface area contributed by atoms with Crippen LogP contribution in [-0.2, 0) is 20.8 Å². The first-order valence-electron chi connectivity index (χ1n) is 10.7. The molecule has 8 heteroatoms. The van der Waals surface area contributed by atoms with Gasteiger partial charge >= 0.3 is 6.03 Å². The van der Waals surface area contributed by atoms with Crippen LogP contribution in [0.1, 0.15) is 51.0 Å². The Kier molecular flexibility index (Phi) is 5.49. The highest BCUT2D eigenvalue weighted by Crippen LogP contribution is 2.35. The monoisotopic (exact) mass is 412 g/mol. The minimum atomic E-state index is -0.996. The number of imide groups is 1. The summed E-state index contributed by atoms with van der Waals surface area (Å²) in [6.07, 6.45) is 5.17. The van der Waals surface area contributed by atoms with Crippen molar-refractivity contribution in [1.82, 2.24) is 20.9 Å². The average molecular weight is 412 g/mol. The molecule has 2 saturated carbocycles. The van der Waals surface area contributed by atoms with Gasteiger partial charge in [0.25, 0.3) is 5.91 Å². The van der Waals surface area contributed by atoms with Crippen molar-refractivity contribution in [3.05, 3.63) is 35.9 Å². The van der Waals surface area contributed by atoms with Crippen molar-refractivity contribution >= 4 is 23.8 Å². The Bertz CT molecular complexity index is 846. The first-order valence-corrected chi connectivity index (χ1v) is 10.7. The third kappa shape index (κ3) is 4.04. The minimum Gasteiger partial charge on any atom is -0.352 e. The van der Waals surface area contributed by atoms with E-state index >= 15 is 0 Å². The van der Waals surface area contributed by atoms with Crippen molar-refractivity contribution < 1.29 is 19.2 Å². The number of hydrogen-bond acceptors (Lipinski definition) is 4. The molecule has 4 rings (SSSR count). The molecule has 3 fully saturated rings. The van der Waals surface area contributed by atoms with Crippen molar-refractivity contribution in [3.63, 3.8) is 0 Å². The van der Waals surface area contributed by atoms with Crippen LogP contribution in [0.4, 0.5) is 4.79 Å². The molecule has 2 unspecified atom stereocenters. The normalized spacial score (nSPS) is 22.0. The second kappa shape index (κ2) is 8.08. The number of amides is 5. The zero-order valence-electron chi connectivity index (χ0n) is 17.1. The summed E-state index contributed by atoms with van der Waals surface area (Å²) >= 11 is 0. The van der Waals surface area contributed by atoms with Gasteiger partial charge in [-0.2, -0.15) is 0 Å². The predicted octanol–water partition coefficient (Wildman–Crippen LogP) is 1.25. The lowest BCUT2D eigenvalue weighted by Crippen LogP contribution is -2.55. The van der Waals surface area contributed by atoms with Crippen molar-refractivity contribution in [3.8, 4) is 0 Å². The van der Waals surface area contributed by atoms with E-state index in [-0.39, 0.29) is 17.9 Å². The third-order valence-corrected chi connectivity index (χ3v) is 6.26. The smallest absolute Gasteiger partial charge is 0.325 e. The summed E-state index contributed by atoms with van der Waals surface area (Å²) in [5.74, 6) is -1.10. The summed E-state index contributed by atoms with van der Waals surface area (Å²) < 4.78 is 0. The van der Waals surface area contributed by atoms with Crippen molar-refractivity contribution in [2.45, 2.75) is 75.5 Å². The van der Waals surface area contributed by atoms with Crippen LogP contribution >= 0.6 is 0 Å². The van der Waals surface area contributed by atoms with Crippen molar-refractivity contribution in [2.24, 2.45) is 0 Å². The molecule has 2 aliphatic carbocycles. The molecule has 30 heavy (non-hydrogen) atoms. The van der Waals surface area contributed by atoms with Crippen LogP contribution in [0.2, 0.25) is 0 Å². The van der Waals surface area contributed by atoms with E-state index in [0.29, 0.717) is 19.3 Å². The molecule has 1 aromatic rings. The molecular formula is C22H28N4O4. The Morgan fingerprint density at radius 3 is 2.43 bits per heavy atom. The highest BCUT2D eigenvalue weighted by atomic mass is 16.2. The fourth-order valence-corrected chi connectivity index (χ4v) is 4.31. The molecule has 0 bridgehead atoms. The van der Waals surface area contributed by atoms with Gasteiger partial charge in [0.05, 0.1) is 0 Å². The number of nitrogens with one attached hydrogen (secondary N) is 3. The van der Waals surface area contributed by atoms with Crippen LogP contribution in [-0.4, -0.2) is 52.3 Å². The van der Waals surface area contributed by atoms with E-state index < -0.39 is 29.6 Å². The average Bonchev–Trinajstić information content (AvgIpc) is 3.35. The quantitative estimate of drug-likeness (QED) is 0.586. The van der Waals surface area contributed by atoms with E-state index in [2.05, 4.69) is 16.0 Å². The highest BCUT2D eigenvalue weighted by molar-refractivity contribution is 6.10. The second-order valence-corrected chi connectivity index (χ2v) is 8.60. The molecule has 5 amide bonds. The first kappa shape index (κ1) is 20.4. The lowest BCUT2D eigenvalue weighted by Gasteiger charge is -2.26. The number of benzene rings is 1. The largest absolute Gasteiger partial charge is 0.352 e. The maximum Gasteiger partial charge on any atom is 0.325 e. The van der Waals surface area contributed by atoms with Gasteiger partial charge in [0.15, 0.2) is 0 Å². The second-order valence-electron chi connectivity index (χ2n) is 8.60. The third-order valence-electron chi connectivity index (χ3n) is 6.26. The maximum absolute atomic E-state index is 13.0. The van der Waals surface area contributed by atoms with Crippen LogP contribution < -0.4 is 16.0 Å². The lowest BCUT2D eigenvalue weighted by atomic mass is 9.97. The van der Waals surface area contributed by atoms with Crippen molar-refractivity contribution in [1.29, 1.82) is 0 Å². The van der Waals surface area contributed by atoms with E-state index in [0.717, 1.165) is 36.1 Å². The van der Waals surface area contributed by atoms with Gasteiger partial charge in [-0.15, -0.1) is 0 Å². The van der Waals surface area contributed by atoms with Gasteiger partial charge in [-0.1, -0.05) is 43.2 Å². The number of carbonyl (C=O) groups excluding carboxylic acids is 4. The standard InChI is InChI=1S/C22H28N4O4/c1-14(26-20(29)22(25-21(26)30)11-5-6-12-22)18(27)24-17(19(28)23-16-9-10-16)13-15-7-3-2-4-8-15/h2-4,7-8,14,16-17H,5-6,9-13H2,1H3,(H,23,28)(H,24,27)(H,25,30). The van der Waals surface area contributed by atoms with Gasteiger partial charge < -0.3 is 16.0 Å².